The summed E-state index contributed by atoms with van der Waals surface area (Å²) in [4.78, 5) is 59.9. The highest BCUT2D eigenvalue weighted by atomic mass is 16.4. The second-order valence-corrected chi connectivity index (χ2v) is 5.70. The van der Waals surface area contributed by atoms with Crippen LogP contribution in [-0.2, 0) is 28.8 Å². The van der Waals surface area contributed by atoms with Gasteiger partial charge in [-0.05, 0) is 19.3 Å². The summed E-state index contributed by atoms with van der Waals surface area (Å²) < 4.78 is 0. The van der Waals surface area contributed by atoms with Crippen molar-refractivity contribution in [1.29, 1.82) is 0 Å². The molecule has 15 heteroatoms. The first-order chi connectivity index (χ1) is 13.6. The van der Waals surface area contributed by atoms with Gasteiger partial charge in [0.05, 0.1) is 0 Å². The molecule has 0 aliphatic heterocycles. The van der Waals surface area contributed by atoms with E-state index in [4.69, 9.17) is 48.5 Å². The SMILES string of the molecule is NC(=O)CCC(N)C(=O)O.NC(CCC(=O)O)C(=O)O.NC(CCC(=O)O)C(=O)O. The molecule has 0 saturated heterocycles. The number of primary amides is 1. The van der Waals surface area contributed by atoms with Crippen LogP contribution in [0.25, 0.3) is 0 Å². The lowest BCUT2D eigenvalue weighted by molar-refractivity contribution is -0.141. The van der Waals surface area contributed by atoms with Crippen LogP contribution in [0, 0.1) is 0 Å². The Kier molecular flexibility index (Phi) is 18.6. The Morgan fingerprint density at radius 2 is 0.767 bits per heavy atom. The Morgan fingerprint density at radius 3 is 0.933 bits per heavy atom. The largest absolute Gasteiger partial charge is 0.481 e. The van der Waals surface area contributed by atoms with Gasteiger partial charge >= 0.3 is 29.8 Å². The molecular weight excluding hydrogens is 412 g/mol. The van der Waals surface area contributed by atoms with E-state index in [1.165, 1.54) is 0 Å². The maximum absolute atomic E-state index is 10.1. The second kappa shape index (κ2) is 17.8. The standard InChI is InChI=1S/C5H10N2O3.2C5H9NO4/c3*6-3(5(9)10)1-2-4(7)8/h3H,1-2,6H2,(H2,7,8)(H,9,10);2*3H,1-2,6H2,(H,7,8)(H,9,10). The molecule has 3 atom stereocenters. The molecular formula is C15H28N4O11. The normalized spacial score (nSPS) is 12.5. The molecule has 0 aromatic carbocycles. The van der Waals surface area contributed by atoms with Gasteiger partial charge in [0.15, 0.2) is 0 Å². The number of carboxylic acid groups (broad SMARTS) is 5. The minimum atomic E-state index is -1.17. The molecule has 1 amide bonds. The molecule has 15 nitrogen and oxygen atoms in total. The zero-order chi connectivity index (χ0) is 24.4. The lowest BCUT2D eigenvalue weighted by Crippen LogP contribution is -2.31. The number of carbonyl (C=O) groups is 6. The Balaban J connectivity index is -0.000000364. The van der Waals surface area contributed by atoms with Gasteiger partial charge in [-0.15, -0.1) is 0 Å². The van der Waals surface area contributed by atoms with Gasteiger partial charge in [-0.2, -0.15) is 0 Å². The number of amides is 1. The van der Waals surface area contributed by atoms with E-state index < -0.39 is 53.9 Å². The molecule has 0 rings (SSSR count). The van der Waals surface area contributed by atoms with E-state index in [0.717, 1.165) is 0 Å². The van der Waals surface area contributed by atoms with Crippen molar-refractivity contribution < 1.29 is 54.3 Å². The Bertz CT molecular complexity index is 516. The van der Waals surface area contributed by atoms with Crippen LogP contribution in [0.3, 0.4) is 0 Å². The summed E-state index contributed by atoms with van der Waals surface area (Å²) in [5, 5.41) is 40.8. The van der Waals surface area contributed by atoms with E-state index in [1.807, 2.05) is 0 Å². The number of hydrogen-bond donors (Lipinski definition) is 9. The van der Waals surface area contributed by atoms with Gasteiger partial charge in [0.2, 0.25) is 5.91 Å². The average Bonchev–Trinajstić information content (AvgIpc) is 2.62. The van der Waals surface area contributed by atoms with Gasteiger partial charge in [0.1, 0.15) is 18.1 Å². The van der Waals surface area contributed by atoms with Gasteiger partial charge in [-0.3, -0.25) is 28.8 Å². The number of carboxylic acids is 5. The van der Waals surface area contributed by atoms with E-state index in [2.05, 4.69) is 0 Å². The molecule has 3 unspecified atom stereocenters. The van der Waals surface area contributed by atoms with Gasteiger partial charge < -0.3 is 48.5 Å². The topological polar surface area (TPSA) is 308 Å². The average molecular weight is 440 g/mol. The summed E-state index contributed by atoms with van der Waals surface area (Å²) in [6.07, 6.45) is -0.325. The fraction of sp³-hybridized carbons (Fsp3) is 0.600. The number of rotatable bonds is 12. The van der Waals surface area contributed by atoms with Crippen LogP contribution in [0.5, 0.6) is 0 Å². The summed E-state index contributed by atoms with van der Waals surface area (Å²) >= 11 is 0. The molecule has 0 spiro atoms. The van der Waals surface area contributed by atoms with Gasteiger partial charge in [-0.25, -0.2) is 0 Å². The Hall–Kier alpha value is -3.30. The molecule has 0 aliphatic rings. The fourth-order valence-corrected chi connectivity index (χ4v) is 1.23. The van der Waals surface area contributed by atoms with Crippen LogP contribution in [0.2, 0.25) is 0 Å². The fourth-order valence-electron chi connectivity index (χ4n) is 1.23. The first-order valence-corrected chi connectivity index (χ1v) is 8.28. The molecule has 0 aromatic heterocycles. The van der Waals surface area contributed by atoms with E-state index in [0.29, 0.717) is 0 Å². The monoisotopic (exact) mass is 440 g/mol. The quantitative estimate of drug-likeness (QED) is 0.148. The molecule has 0 saturated carbocycles. The molecule has 0 heterocycles. The van der Waals surface area contributed by atoms with Crippen LogP contribution < -0.4 is 22.9 Å². The van der Waals surface area contributed by atoms with E-state index >= 15 is 0 Å². The third-order valence-electron chi connectivity index (χ3n) is 2.99. The maximum Gasteiger partial charge on any atom is 0.320 e. The zero-order valence-corrected chi connectivity index (χ0v) is 16.0. The zero-order valence-electron chi connectivity index (χ0n) is 16.0. The van der Waals surface area contributed by atoms with Gasteiger partial charge in [0.25, 0.3) is 0 Å². The van der Waals surface area contributed by atoms with Crippen molar-refractivity contribution in [3.8, 4) is 0 Å². The number of aliphatic carboxylic acids is 5. The van der Waals surface area contributed by atoms with Gasteiger partial charge in [0, 0.05) is 19.3 Å². The minimum absolute atomic E-state index is 0.0213. The highest BCUT2D eigenvalue weighted by Crippen LogP contribution is 1.94. The van der Waals surface area contributed by atoms with Crippen molar-refractivity contribution in [2.45, 2.75) is 56.7 Å². The van der Waals surface area contributed by atoms with Crippen molar-refractivity contribution in [2.75, 3.05) is 0 Å². The van der Waals surface area contributed by atoms with Crippen LogP contribution in [0.15, 0.2) is 0 Å². The molecule has 0 aromatic rings. The smallest absolute Gasteiger partial charge is 0.320 e. The second-order valence-electron chi connectivity index (χ2n) is 5.70. The predicted molar refractivity (Wildman–Crippen MR) is 99.0 cm³/mol. The Morgan fingerprint density at radius 1 is 0.533 bits per heavy atom. The van der Waals surface area contributed by atoms with Crippen LogP contribution in [0.4, 0.5) is 0 Å². The first kappa shape index (κ1) is 31.4. The van der Waals surface area contributed by atoms with Crippen molar-refractivity contribution in [1.82, 2.24) is 0 Å². The minimum Gasteiger partial charge on any atom is -0.481 e. The third kappa shape index (κ3) is 24.7. The number of nitrogens with two attached hydrogens (primary N) is 4. The molecule has 30 heavy (non-hydrogen) atoms. The molecule has 0 bridgehead atoms. The van der Waals surface area contributed by atoms with E-state index in [-0.39, 0.29) is 38.5 Å². The highest BCUT2D eigenvalue weighted by molar-refractivity contribution is 5.77. The summed E-state index contributed by atoms with van der Waals surface area (Å²) in [7, 11) is 0. The van der Waals surface area contributed by atoms with Gasteiger partial charge in [-0.1, -0.05) is 0 Å². The van der Waals surface area contributed by atoms with Crippen molar-refractivity contribution in [2.24, 2.45) is 22.9 Å². The molecule has 0 aliphatic carbocycles. The first-order valence-electron chi connectivity index (χ1n) is 8.28. The lowest BCUT2D eigenvalue weighted by atomic mass is 10.2. The van der Waals surface area contributed by atoms with Crippen LogP contribution in [-0.4, -0.2) is 79.4 Å². The Labute approximate surface area is 170 Å². The third-order valence-corrected chi connectivity index (χ3v) is 2.99. The summed E-state index contributed by atoms with van der Waals surface area (Å²) in [6, 6.07) is -3.10. The maximum atomic E-state index is 10.1. The van der Waals surface area contributed by atoms with Crippen LogP contribution in [0.1, 0.15) is 38.5 Å². The summed E-state index contributed by atoms with van der Waals surface area (Å²) in [6.45, 7) is 0. The summed E-state index contributed by atoms with van der Waals surface area (Å²) in [5.74, 6) is -6.03. The van der Waals surface area contributed by atoms with Crippen molar-refractivity contribution >= 4 is 35.8 Å². The van der Waals surface area contributed by atoms with Crippen molar-refractivity contribution in [3.63, 3.8) is 0 Å². The van der Waals surface area contributed by atoms with E-state index in [1.54, 1.807) is 0 Å². The molecule has 0 radical (unpaired) electrons. The van der Waals surface area contributed by atoms with Crippen LogP contribution >= 0.6 is 0 Å². The lowest BCUT2D eigenvalue weighted by Gasteiger charge is -2.01. The number of carbonyl (C=O) groups excluding carboxylic acids is 1. The van der Waals surface area contributed by atoms with Crippen molar-refractivity contribution in [3.05, 3.63) is 0 Å². The van der Waals surface area contributed by atoms with E-state index in [9.17, 15) is 28.8 Å². The number of hydrogen-bond acceptors (Lipinski definition) is 9. The highest BCUT2D eigenvalue weighted by Gasteiger charge is 2.13. The molecule has 13 N–H and O–H groups in total. The molecule has 0 fully saturated rings. The predicted octanol–water partition coefficient (Wildman–Crippen LogP) is -2.81. The summed E-state index contributed by atoms with van der Waals surface area (Å²) in [5.41, 5.74) is 19.8. The molecule has 174 valence electrons.